The predicted octanol–water partition coefficient (Wildman–Crippen LogP) is 1.27. The average Bonchev–Trinajstić information content (AvgIpc) is 2.48. The van der Waals surface area contributed by atoms with Gasteiger partial charge in [-0.15, -0.1) is 0 Å². The van der Waals surface area contributed by atoms with Gasteiger partial charge in [-0.25, -0.2) is 4.79 Å². The first-order valence-electron chi connectivity index (χ1n) is 6.46. The number of aromatic hydroxyl groups is 2. The van der Waals surface area contributed by atoms with Crippen LogP contribution in [0.4, 0.5) is 0 Å². The van der Waals surface area contributed by atoms with Gasteiger partial charge in [-0.05, 0) is 31.4 Å². The molecule has 20 heavy (non-hydrogen) atoms. The maximum atomic E-state index is 12.5. The monoisotopic (exact) mass is 279 g/mol. The summed E-state index contributed by atoms with van der Waals surface area (Å²) in [6, 6.07) is 3.54. The van der Waals surface area contributed by atoms with Gasteiger partial charge < -0.3 is 19.8 Å². The molecule has 1 unspecified atom stereocenters. The lowest BCUT2D eigenvalue weighted by atomic mass is 10.0. The maximum absolute atomic E-state index is 12.5. The van der Waals surface area contributed by atoms with Gasteiger partial charge in [0.05, 0.1) is 12.7 Å². The minimum Gasteiger partial charge on any atom is -0.504 e. The third-order valence-electron chi connectivity index (χ3n) is 3.48. The molecule has 1 atom stereocenters. The Morgan fingerprint density at radius 3 is 2.75 bits per heavy atom. The number of piperidine rings is 1. The lowest BCUT2D eigenvalue weighted by molar-refractivity contribution is -0.147. The fourth-order valence-electron chi connectivity index (χ4n) is 2.41. The number of benzene rings is 1. The van der Waals surface area contributed by atoms with Crippen molar-refractivity contribution in [3.63, 3.8) is 0 Å². The van der Waals surface area contributed by atoms with Crippen LogP contribution in [0.2, 0.25) is 0 Å². The number of nitrogens with zero attached hydrogens (tertiary/aromatic N) is 1. The molecule has 6 nitrogen and oxygen atoms in total. The molecule has 1 heterocycles. The van der Waals surface area contributed by atoms with Crippen LogP contribution in [0.15, 0.2) is 18.2 Å². The molecule has 1 aliphatic rings. The van der Waals surface area contributed by atoms with Crippen LogP contribution in [0.3, 0.4) is 0 Å². The van der Waals surface area contributed by atoms with Crippen LogP contribution in [0.5, 0.6) is 11.5 Å². The Labute approximate surface area is 116 Å². The molecule has 1 amide bonds. The number of hydrogen-bond donors (Lipinski definition) is 2. The van der Waals surface area contributed by atoms with Gasteiger partial charge in [0.2, 0.25) is 0 Å². The third-order valence-corrected chi connectivity index (χ3v) is 3.48. The second kappa shape index (κ2) is 5.81. The quantitative estimate of drug-likeness (QED) is 0.628. The number of phenolic OH excluding ortho intramolecular Hbond substituents is 2. The molecule has 0 bridgehead atoms. The number of carbonyl (C=O) groups excluding carboxylic acids is 2. The SMILES string of the molecule is COC(=O)C1CCCCN1C(=O)c1cccc(O)c1O. The van der Waals surface area contributed by atoms with Gasteiger partial charge in [-0.3, -0.25) is 4.79 Å². The first kappa shape index (κ1) is 14.2. The van der Waals surface area contributed by atoms with Crippen LogP contribution in [0, 0.1) is 0 Å². The summed E-state index contributed by atoms with van der Waals surface area (Å²) in [5.74, 6) is -1.76. The number of ether oxygens (including phenoxy) is 1. The fourth-order valence-corrected chi connectivity index (χ4v) is 2.41. The molecule has 1 aromatic carbocycles. The number of esters is 1. The Kier molecular flexibility index (Phi) is 4.12. The Hall–Kier alpha value is -2.24. The van der Waals surface area contributed by atoms with E-state index in [9.17, 15) is 19.8 Å². The van der Waals surface area contributed by atoms with E-state index in [2.05, 4.69) is 0 Å². The molecule has 108 valence electrons. The Bertz CT molecular complexity index is 528. The molecule has 2 N–H and O–H groups in total. The van der Waals surface area contributed by atoms with Crippen LogP contribution in [-0.2, 0) is 9.53 Å². The molecule has 2 rings (SSSR count). The van der Waals surface area contributed by atoms with Gasteiger partial charge in [0.1, 0.15) is 6.04 Å². The highest BCUT2D eigenvalue weighted by molar-refractivity contribution is 5.99. The van der Waals surface area contributed by atoms with E-state index in [1.807, 2.05) is 0 Å². The standard InChI is InChI=1S/C14H17NO5/c1-20-14(19)10-6-2-3-8-15(10)13(18)9-5-4-7-11(16)12(9)17/h4-5,7,10,16-17H,2-3,6,8H2,1H3. The van der Waals surface area contributed by atoms with E-state index >= 15 is 0 Å². The fraction of sp³-hybridized carbons (Fsp3) is 0.429. The number of carbonyl (C=O) groups is 2. The number of rotatable bonds is 2. The summed E-state index contributed by atoms with van der Waals surface area (Å²) in [7, 11) is 1.28. The molecule has 1 fully saturated rings. The van der Waals surface area contributed by atoms with Crippen molar-refractivity contribution >= 4 is 11.9 Å². The number of phenols is 2. The van der Waals surface area contributed by atoms with Crippen molar-refractivity contribution in [2.75, 3.05) is 13.7 Å². The van der Waals surface area contributed by atoms with Gasteiger partial charge in [0, 0.05) is 6.54 Å². The zero-order valence-corrected chi connectivity index (χ0v) is 11.2. The van der Waals surface area contributed by atoms with Crippen molar-refractivity contribution in [3.05, 3.63) is 23.8 Å². The van der Waals surface area contributed by atoms with Crippen LogP contribution in [0.1, 0.15) is 29.6 Å². The smallest absolute Gasteiger partial charge is 0.328 e. The number of amides is 1. The largest absolute Gasteiger partial charge is 0.504 e. The van der Waals surface area contributed by atoms with Gasteiger partial charge >= 0.3 is 5.97 Å². The molecule has 6 heteroatoms. The summed E-state index contributed by atoms with van der Waals surface area (Å²) in [6.45, 7) is 0.424. The maximum Gasteiger partial charge on any atom is 0.328 e. The lowest BCUT2D eigenvalue weighted by Crippen LogP contribution is -2.48. The van der Waals surface area contributed by atoms with Gasteiger partial charge in [0.25, 0.3) is 5.91 Å². The van der Waals surface area contributed by atoms with Crippen molar-refractivity contribution < 1.29 is 24.5 Å². The third kappa shape index (κ3) is 2.54. The van der Waals surface area contributed by atoms with Crippen molar-refractivity contribution in [2.24, 2.45) is 0 Å². The molecule has 0 aliphatic carbocycles. The second-order valence-electron chi connectivity index (χ2n) is 4.71. The van der Waals surface area contributed by atoms with Crippen LogP contribution in [0.25, 0.3) is 0 Å². The van der Waals surface area contributed by atoms with E-state index in [4.69, 9.17) is 4.74 Å². The Morgan fingerprint density at radius 1 is 1.30 bits per heavy atom. The topological polar surface area (TPSA) is 87.1 Å². The highest BCUT2D eigenvalue weighted by Crippen LogP contribution is 2.31. The van der Waals surface area contributed by atoms with E-state index < -0.39 is 23.7 Å². The molecule has 1 aromatic rings. The minimum absolute atomic E-state index is 0.0131. The predicted molar refractivity (Wildman–Crippen MR) is 70.5 cm³/mol. The lowest BCUT2D eigenvalue weighted by Gasteiger charge is -2.33. The first-order valence-corrected chi connectivity index (χ1v) is 6.46. The summed E-state index contributed by atoms with van der Waals surface area (Å²) < 4.78 is 4.72. The normalized spacial score (nSPS) is 18.6. The molecular weight excluding hydrogens is 262 g/mol. The van der Waals surface area contributed by atoms with E-state index in [0.717, 1.165) is 12.8 Å². The molecule has 0 saturated carbocycles. The highest BCUT2D eigenvalue weighted by atomic mass is 16.5. The van der Waals surface area contributed by atoms with Crippen molar-refractivity contribution in [1.29, 1.82) is 0 Å². The van der Waals surface area contributed by atoms with Gasteiger partial charge in [-0.2, -0.15) is 0 Å². The molecule has 0 spiro atoms. The zero-order chi connectivity index (χ0) is 14.7. The Balaban J connectivity index is 2.30. The average molecular weight is 279 g/mol. The molecular formula is C14H17NO5. The number of methoxy groups -OCH3 is 1. The first-order chi connectivity index (χ1) is 9.56. The van der Waals surface area contributed by atoms with E-state index in [0.29, 0.717) is 13.0 Å². The van der Waals surface area contributed by atoms with Crippen LogP contribution in [-0.4, -0.2) is 46.7 Å². The van der Waals surface area contributed by atoms with E-state index in [-0.39, 0.29) is 11.3 Å². The van der Waals surface area contributed by atoms with Gasteiger partial charge in [0.15, 0.2) is 11.5 Å². The summed E-state index contributed by atoms with van der Waals surface area (Å²) >= 11 is 0. The molecule has 1 saturated heterocycles. The zero-order valence-electron chi connectivity index (χ0n) is 11.2. The number of hydrogen-bond acceptors (Lipinski definition) is 5. The van der Waals surface area contributed by atoms with Crippen LogP contribution >= 0.6 is 0 Å². The van der Waals surface area contributed by atoms with E-state index in [1.54, 1.807) is 0 Å². The minimum atomic E-state index is -0.636. The summed E-state index contributed by atoms with van der Waals surface area (Å²) in [6.07, 6.45) is 2.17. The summed E-state index contributed by atoms with van der Waals surface area (Å²) in [4.78, 5) is 25.6. The Morgan fingerprint density at radius 2 is 2.05 bits per heavy atom. The van der Waals surface area contributed by atoms with Crippen LogP contribution < -0.4 is 0 Å². The molecule has 1 aliphatic heterocycles. The van der Waals surface area contributed by atoms with E-state index in [1.165, 1.54) is 30.2 Å². The molecule has 0 radical (unpaired) electrons. The second-order valence-corrected chi connectivity index (χ2v) is 4.71. The van der Waals surface area contributed by atoms with Gasteiger partial charge in [-0.1, -0.05) is 6.07 Å². The summed E-state index contributed by atoms with van der Waals surface area (Å²) in [5.41, 5.74) is -0.0131. The van der Waals surface area contributed by atoms with Crippen molar-refractivity contribution in [1.82, 2.24) is 4.90 Å². The van der Waals surface area contributed by atoms with Crippen molar-refractivity contribution in [2.45, 2.75) is 25.3 Å². The van der Waals surface area contributed by atoms with Crippen molar-refractivity contribution in [3.8, 4) is 11.5 Å². The highest BCUT2D eigenvalue weighted by Gasteiger charge is 2.34. The summed E-state index contributed by atoms with van der Waals surface area (Å²) in [5, 5.41) is 19.2. The number of likely N-dealkylation sites (tertiary alicyclic amines) is 1. The molecule has 0 aromatic heterocycles. The number of para-hydroxylation sites is 1.